The van der Waals surface area contributed by atoms with Gasteiger partial charge in [-0.2, -0.15) is 0 Å². The first-order valence-electron chi connectivity index (χ1n) is 4.70. The Morgan fingerprint density at radius 1 is 1.57 bits per heavy atom. The normalized spacial score (nSPS) is 28.9. The Kier molecular flexibility index (Phi) is 5.30. The van der Waals surface area contributed by atoms with Crippen molar-refractivity contribution in [3.63, 3.8) is 0 Å². The van der Waals surface area contributed by atoms with E-state index < -0.39 is 6.17 Å². The first-order valence-corrected chi connectivity index (χ1v) is 4.70. The summed E-state index contributed by atoms with van der Waals surface area (Å²) < 4.78 is 13.0. The molecule has 1 saturated heterocycles. The van der Waals surface area contributed by atoms with Crippen molar-refractivity contribution in [1.82, 2.24) is 4.90 Å². The van der Waals surface area contributed by atoms with Crippen LogP contribution < -0.4 is 5.73 Å². The van der Waals surface area contributed by atoms with Crippen molar-refractivity contribution in [2.45, 2.75) is 38.0 Å². The van der Waals surface area contributed by atoms with Crippen LogP contribution in [0.3, 0.4) is 0 Å². The highest BCUT2D eigenvalue weighted by molar-refractivity contribution is 5.85. The lowest BCUT2D eigenvalue weighted by molar-refractivity contribution is 0.139. The topological polar surface area (TPSA) is 49.5 Å². The molecule has 3 N–H and O–H groups in total. The van der Waals surface area contributed by atoms with Crippen LogP contribution >= 0.6 is 12.4 Å². The molecule has 0 spiro atoms. The molecule has 0 aromatic rings. The van der Waals surface area contributed by atoms with E-state index in [0.717, 1.165) is 0 Å². The molecule has 0 aromatic carbocycles. The van der Waals surface area contributed by atoms with Gasteiger partial charge in [0.2, 0.25) is 0 Å². The third-order valence-corrected chi connectivity index (χ3v) is 2.30. The van der Waals surface area contributed by atoms with Gasteiger partial charge in [-0.05, 0) is 20.3 Å². The monoisotopic (exact) mass is 226 g/mol. The third-order valence-electron chi connectivity index (χ3n) is 2.30. The van der Waals surface area contributed by atoms with E-state index in [1.165, 1.54) is 0 Å². The first-order chi connectivity index (χ1) is 5.92. The third kappa shape index (κ3) is 4.09. The standard InChI is InChI=1S/C9H19FN2O.ClH/c1-9(2,11)6-12-4-7(10)3-8(12)5-13;/h7-8,13H,3-6,11H2,1-2H3;1H. The Hall–Kier alpha value is 0.1000. The molecule has 0 radical (unpaired) electrons. The van der Waals surface area contributed by atoms with Crippen molar-refractivity contribution < 1.29 is 9.50 Å². The molecule has 86 valence electrons. The fourth-order valence-electron chi connectivity index (χ4n) is 1.83. The number of alkyl halides is 1. The summed E-state index contributed by atoms with van der Waals surface area (Å²) in [4.78, 5) is 1.94. The van der Waals surface area contributed by atoms with Crippen LogP contribution in [0.2, 0.25) is 0 Å². The first kappa shape index (κ1) is 14.1. The molecule has 0 saturated carbocycles. The van der Waals surface area contributed by atoms with Gasteiger partial charge in [-0.25, -0.2) is 4.39 Å². The van der Waals surface area contributed by atoms with E-state index in [0.29, 0.717) is 19.5 Å². The van der Waals surface area contributed by atoms with Crippen molar-refractivity contribution in [3.05, 3.63) is 0 Å². The molecule has 2 atom stereocenters. The highest BCUT2D eigenvalue weighted by atomic mass is 35.5. The zero-order chi connectivity index (χ0) is 10.1. The van der Waals surface area contributed by atoms with E-state index in [1.807, 2.05) is 18.7 Å². The highest BCUT2D eigenvalue weighted by Crippen LogP contribution is 2.21. The van der Waals surface area contributed by atoms with E-state index in [9.17, 15) is 4.39 Å². The van der Waals surface area contributed by atoms with Gasteiger partial charge in [0.05, 0.1) is 6.61 Å². The maximum Gasteiger partial charge on any atom is 0.114 e. The number of nitrogens with two attached hydrogens (primary N) is 1. The highest BCUT2D eigenvalue weighted by Gasteiger charge is 2.33. The fraction of sp³-hybridized carbons (Fsp3) is 1.00. The summed E-state index contributed by atoms with van der Waals surface area (Å²) in [6.07, 6.45) is -0.369. The second kappa shape index (κ2) is 5.26. The van der Waals surface area contributed by atoms with Gasteiger partial charge < -0.3 is 10.8 Å². The van der Waals surface area contributed by atoms with Gasteiger partial charge in [0.15, 0.2) is 0 Å². The molecule has 5 heteroatoms. The van der Waals surface area contributed by atoms with Crippen LogP contribution in [0.4, 0.5) is 4.39 Å². The van der Waals surface area contributed by atoms with E-state index in [2.05, 4.69) is 0 Å². The Morgan fingerprint density at radius 2 is 2.14 bits per heavy atom. The maximum atomic E-state index is 13.0. The lowest BCUT2D eigenvalue weighted by Gasteiger charge is -2.29. The van der Waals surface area contributed by atoms with E-state index >= 15 is 0 Å². The number of likely N-dealkylation sites (tertiary alicyclic amines) is 1. The molecule has 1 rings (SSSR count). The van der Waals surface area contributed by atoms with E-state index in [-0.39, 0.29) is 30.6 Å². The van der Waals surface area contributed by atoms with E-state index in [4.69, 9.17) is 10.8 Å². The fourth-order valence-corrected chi connectivity index (χ4v) is 1.83. The van der Waals surface area contributed by atoms with Gasteiger partial charge in [-0.15, -0.1) is 12.4 Å². The molecule has 0 bridgehead atoms. The molecule has 1 aliphatic rings. The summed E-state index contributed by atoms with van der Waals surface area (Å²) in [6, 6.07) is -0.0437. The molecule has 3 nitrogen and oxygen atoms in total. The molecular weight excluding hydrogens is 207 g/mol. The summed E-state index contributed by atoms with van der Waals surface area (Å²) in [5, 5.41) is 9.00. The van der Waals surface area contributed by atoms with Crippen LogP contribution in [0, 0.1) is 0 Å². The quantitative estimate of drug-likeness (QED) is 0.739. The summed E-state index contributed by atoms with van der Waals surface area (Å²) in [6.45, 7) is 4.89. The Balaban J connectivity index is 0.00000169. The van der Waals surface area contributed by atoms with Gasteiger partial charge >= 0.3 is 0 Å². The van der Waals surface area contributed by atoms with Crippen molar-refractivity contribution in [1.29, 1.82) is 0 Å². The smallest absolute Gasteiger partial charge is 0.114 e. The van der Waals surface area contributed by atoms with Crippen LogP contribution in [0.15, 0.2) is 0 Å². The molecule has 0 aromatic heterocycles. The van der Waals surface area contributed by atoms with Gasteiger partial charge in [0.25, 0.3) is 0 Å². The Labute approximate surface area is 90.9 Å². The number of hydrogen-bond donors (Lipinski definition) is 2. The lowest BCUT2D eigenvalue weighted by Crippen LogP contribution is -2.47. The number of nitrogens with zero attached hydrogens (tertiary/aromatic N) is 1. The average Bonchev–Trinajstić information content (AvgIpc) is 2.27. The average molecular weight is 227 g/mol. The van der Waals surface area contributed by atoms with Crippen molar-refractivity contribution in [2.24, 2.45) is 5.73 Å². The van der Waals surface area contributed by atoms with Crippen LogP contribution in [-0.4, -0.2) is 47.5 Å². The molecule has 1 fully saturated rings. The van der Waals surface area contributed by atoms with Crippen molar-refractivity contribution in [3.8, 4) is 0 Å². The summed E-state index contributed by atoms with van der Waals surface area (Å²) >= 11 is 0. The van der Waals surface area contributed by atoms with Crippen molar-refractivity contribution in [2.75, 3.05) is 19.7 Å². The Bertz CT molecular complexity index is 175. The minimum atomic E-state index is -0.806. The molecular formula is C9H20ClFN2O. The lowest BCUT2D eigenvalue weighted by atomic mass is 10.1. The van der Waals surface area contributed by atoms with Gasteiger partial charge in [0.1, 0.15) is 6.17 Å². The van der Waals surface area contributed by atoms with E-state index in [1.54, 1.807) is 0 Å². The number of hydrogen-bond acceptors (Lipinski definition) is 3. The van der Waals surface area contributed by atoms with Gasteiger partial charge in [0, 0.05) is 24.7 Å². The molecule has 1 heterocycles. The molecule has 1 aliphatic heterocycles. The van der Waals surface area contributed by atoms with Crippen LogP contribution in [0.25, 0.3) is 0 Å². The summed E-state index contributed by atoms with van der Waals surface area (Å²) in [5.41, 5.74) is 5.51. The van der Waals surface area contributed by atoms with Crippen LogP contribution in [0.5, 0.6) is 0 Å². The van der Waals surface area contributed by atoms with Gasteiger partial charge in [-0.3, -0.25) is 4.90 Å². The molecule has 14 heavy (non-hydrogen) atoms. The van der Waals surface area contributed by atoms with Crippen LogP contribution in [-0.2, 0) is 0 Å². The predicted octanol–water partition coefficient (Wildman–Crippen LogP) is 0.550. The molecule has 0 aliphatic carbocycles. The Morgan fingerprint density at radius 3 is 2.57 bits per heavy atom. The molecule has 2 unspecified atom stereocenters. The second-order valence-corrected chi connectivity index (χ2v) is 4.59. The van der Waals surface area contributed by atoms with Crippen LogP contribution in [0.1, 0.15) is 20.3 Å². The zero-order valence-electron chi connectivity index (χ0n) is 8.74. The zero-order valence-corrected chi connectivity index (χ0v) is 9.56. The summed E-state index contributed by atoms with van der Waals surface area (Å²) in [5.74, 6) is 0. The maximum absolute atomic E-state index is 13.0. The predicted molar refractivity (Wildman–Crippen MR) is 57.5 cm³/mol. The summed E-state index contributed by atoms with van der Waals surface area (Å²) in [7, 11) is 0. The number of halogens is 2. The number of aliphatic hydroxyl groups is 1. The second-order valence-electron chi connectivity index (χ2n) is 4.59. The number of aliphatic hydroxyl groups excluding tert-OH is 1. The van der Waals surface area contributed by atoms with Gasteiger partial charge in [-0.1, -0.05) is 0 Å². The minimum Gasteiger partial charge on any atom is -0.395 e. The minimum absolute atomic E-state index is 0. The largest absolute Gasteiger partial charge is 0.395 e. The SMILES string of the molecule is CC(C)(N)CN1CC(F)CC1CO.Cl. The van der Waals surface area contributed by atoms with Crippen molar-refractivity contribution >= 4 is 12.4 Å². The molecule has 0 amide bonds. The number of rotatable bonds is 3.